The first-order valence-electron chi connectivity index (χ1n) is 6.03. The average Bonchev–Trinajstić information content (AvgIpc) is 2.45. The Hall–Kier alpha value is -1.90. The van der Waals surface area contributed by atoms with Crippen LogP contribution in [0.3, 0.4) is 0 Å². The molecule has 0 aromatic carbocycles. The molecule has 0 bridgehead atoms. The van der Waals surface area contributed by atoms with Crippen molar-refractivity contribution in [2.45, 2.75) is 25.1 Å². The second-order valence-corrected chi connectivity index (χ2v) is 4.25. The van der Waals surface area contributed by atoms with Crippen LogP contribution in [0.1, 0.15) is 12.8 Å². The number of anilines is 1. The third kappa shape index (κ3) is 3.56. The smallest absolute Gasteiger partial charge is 0.331 e. The maximum atomic E-state index is 12.3. The molecule has 2 heterocycles. The monoisotopic (exact) mass is 290 g/mol. The van der Waals surface area contributed by atoms with Crippen molar-refractivity contribution >= 4 is 11.8 Å². The zero-order valence-corrected chi connectivity index (χ0v) is 10.4. The Kier molecular flexibility index (Phi) is 4.38. The first kappa shape index (κ1) is 14.5. The Balaban J connectivity index is 2.18. The molecule has 0 unspecified atom stereocenters. The molecule has 0 aliphatic carbocycles. The summed E-state index contributed by atoms with van der Waals surface area (Å²) in [6.07, 6.45) is -1.38. The Morgan fingerprint density at radius 3 is 2.65 bits per heavy atom. The molecule has 1 fully saturated rings. The zero-order valence-electron chi connectivity index (χ0n) is 10.4. The maximum absolute atomic E-state index is 12.3. The first-order chi connectivity index (χ1) is 9.48. The number of piperidine rings is 1. The lowest BCUT2D eigenvalue weighted by Gasteiger charge is -2.33. The van der Waals surface area contributed by atoms with Crippen LogP contribution in [-0.2, 0) is 9.63 Å². The van der Waals surface area contributed by atoms with Crippen molar-refractivity contribution in [2.24, 2.45) is 0 Å². The number of rotatable bonds is 3. The quantitative estimate of drug-likeness (QED) is 0.840. The molecule has 110 valence electrons. The van der Waals surface area contributed by atoms with E-state index >= 15 is 0 Å². The van der Waals surface area contributed by atoms with E-state index in [4.69, 9.17) is 0 Å². The lowest BCUT2D eigenvalue weighted by molar-refractivity contribution is -0.202. The maximum Gasteiger partial charge on any atom is 0.493 e. The molecular formula is C11H13F3N4O2. The number of halogens is 3. The second-order valence-electron chi connectivity index (χ2n) is 4.25. The number of nitrogens with one attached hydrogen (secondary N) is 1. The fourth-order valence-corrected chi connectivity index (χ4v) is 1.90. The van der Waals surface area contributed by atoms with Crippen molar-refractivity contribution in [1.29, 1.82) is 0 Å². The van der Waals surface area contributed by atoms with E-state index in [9.17, 15) is 18.0 Å². The van der Waals surface area contributed by atoms with Gasteiger partial charge in [-0.05, 0) is 25.9 Å². The minimum Gasteiger partial charge on any atom is -0.331 e. The third-order valence-electron chi connectivity index (χ3n) is 2.85. The first-order valence-corrected chi connectivity index (χ1v) is 6.03. The Morgan fingerprint density at radius 1 is 1.40 bits per heavy atom. The van der Waals surface area contributed by atoms with Gasteiger partial charge in [0.25, 0.3) is 0 Å². The van der Waals surface area contributed by atoms with Crippen LogP contribution in [0, 0.1) is 0 Å². The number of hydrogen-bond donors (Lipinski definition) is 1. The molecule has 2 rings (SSSR count). The molecule has 20 heavy (non-hydrogen) atoms. The van der Waals surface area contributed by atoms with Crippen LogP contribution >= 0.6 is 0 Å². The van der Waals surface area contributed by atoms with Gasteiger partial charge in [0.1, 0.15) is 6.33 Å². The Bertz CT molecular complexity index is 449. The van der Waals surface area contributed by atoms with Crippen LogP contribution in [0.15, 0.2) is 18.6 Å². The summed E-state index contributed by atoms with van der Waals surface area (Å²) in [7, 11) is 0. The molecule has 1 N–H and O–H groups in total. The van der Waals surface area contributed by atoms with Gasteiger partial charge in [-0.25, -0.2) is 14.8 Å². The second kappa shape index (κ2) is 6.04. The number of hydroxylamine groups is 1. The van der Waals surface area contributed by atoms with E-state index < -0.39 is 12.1 Å². The SMILES string of the molecule is O=C(ON(c1ccncn1)C1CCNCC1)C(F)(F)F. The summed E-state index contributed by atoms with van der Waals surface area (Å²) in [6.45, 7) is 1.27. The van der Waals surface area contributed by atoms with Crippen LogP contribution in [-0.4, -0.2) is 41.2 Å². The predicted molar refractivity (Wildman–Crippen MR) is 62.5 cm³/mol. The number of hydrogen-bond acceptors (Lipinski definition) is 6. The number of carbonyl (C=O) groups is 1. The summed E-state index contributed by atoms with van der Waals surface area (Å²) in [5, 5.41) is 4.01. The average molecular weight is 290 g/mol. The summed E-state index contributed by atoms with van der Waals surface area (Å²) in [5.74, 6) is -2.13. The van der Waals surface area contributed by atoms with E-state index in [0.29, 0.717) is 25.9 Å². The molecule has 0 atom stereocenters. The molecule has 1 aliphatic heterocycles. The van der Waals surface area contributed by atoms with Gasteiger partial charge in [-0.2, -0.15) is 18.2 Å². The highest BCUT2D eigenvalue weighted by Gasteiger charge is 2.44. The molecule has 1 aromatic heterocycles. The van der Waals surface area contributed by atoms with Crippen LogP contribution in [0.4, 0.5) is 19.0 Å². The van der Waals surface area contributed by atoms with Gasteiger partial charge in [0, 0.05) is 12.3 Å². The molecule has 9 heteroatoms. The van der Waals surface area contributed by atoms with Gasteiger partial charge in [0.05, 0.1) is 6.04 Å². The van der Waals surface area contributed by atoms with Crippen molar-refractivity contribution in [3.8, 4) is 0 Å². The molecule has 1 aliphatic rings. The van der Waals surface area contributed by atoms with Crippen molar-refractivity contribution in [2.75, 3.05) is 18.2 Å². The molecule has 6 nitrogen and oxygen atoms in total. The summed E-state index contributed by atoms with van der Waals surface area (Å²) in [6, 6.07) is 1.04. The van der Waals surface area contributed by atoms with E-state index in [1.54, 1.807) is 0 Å². The zero-order chi connectivity index (χ0) is 14.6. The molecule has 0 saturated carbocycles. The lowest BCUT2D eigenvalue weighted by atomic mass is 10.1. The fraction of sp³-hybridized carbons (Fsp3) is 0.545. The summed E-state index contributed by atoms with van der Waals surface area (Å²) in [4.78, 5) is 23.1. The van der Waals surface area contributed by atoms with E-state index in [1.165, 1.54) is 18.6 Å². The summed E-state index contributed by atoms with van der Waals surface area (Å²) < 4.78 is 37.0. The van der Waals surface area contributed by atoms with Crippen LogP contribution in [0.2, 0.25) is 0 Å². The fourth-order valence-electron chi connectivity index (χ4n) is 1.90. The van der Waals surface area contributed by atoms with Crippen molar-refractivity contribution in [1.82, 2.24) is 15.3 Å². The van der Waals surface area contributed by atoms with Crippen molar-refractivity contribution in [3.63, 3.8) is 0 Å². The molecule has 1 aromatic rings. The van der Waals surface area contributed by atoms with Gasteiger partial charge >= 0.3 is 12.1 Å². The van der Waals surface area contributed by atoms with Crippen molar-refractivity contribution in [3.05, 3.63) is 18.6 Å². The highest BCUT2D eigenvalue weighted by molar-refractivity contribution is 5.76. The minimum atomic E-state index is -5.04. The number of carbonyl (C=O) groups excluding carboxylic acids is 1. The summed E-state index contributed by atoms with van der Waals surface area (Å²) >= 11 is 0. The highest BCUT2D eigenvalue weighted by Crippen LogP contribution is 2.23. The largest absolute Gasteiger partial charge is 0.493 e. The molecular weight excluding hydrogens is 277 g/mol. The Morgan fingerprint density at radius 2 is 2.10 bits per heavy atom. The summed E-state index contributed by atoms with van der Waals surface area (Å²) in [5.41, 5.74) is 0. The van der Waals surface area contributed by atoms with Crippen LogP contribution < -0.4 is 10.4 Å². The number of alkyl halides is 3. The van der Waals surface area contributed by atoms with E-state index in [-0.39, 0.29) is 11.9 Å². The predicted octanol–water partition coefficient (Wildman–Crippen LogP) is 1.06. The van der Waals surface area contributed by atoms with E-state index in [2.05, 4.69) is 20.1 Å². The van der Waals surface area contributed by atoms with Gasteiger partial charge in [-0.1, -0.05) is 0 Å². The molecule has 0 radical (unpaired) electrons. The molecule has 1 saturated heterocycles. The van der Waals surface area contributed by atoms with Crippen molar-refractivity contribution < 1.29 is 22.8 Å². The van der Waals surface area contributed by atoms with Gasteiger partial charge in [-0.3, -0.25) is 0 Å². The minimum absolute atomic E-state index is 0.129. The van der Waals surface area contributed by atoms with E-state index in [1.807, 2.05) is 0 Å². The van der Waals surface area contributed by atoms with E-state index in [0.717, 1.165) is 5.06 Å². The molecule has 0 amide bonds. The Labute approximate surface area is 112 Å². The topological polar surface area (TPSA) is 67.3 Å². The van der Waals surface area contributed by atoms with Crippen LogP contribution in [0.5, 0.6) is 0 Å². The normalized spacial score (nSPS) is 16.8. The number of nitrogens with zero attached hydrogens (tertiary/aromatic N) is 3. The molecule has 0 spiro atoms. The van der Waals surface area contributed by atoms with Gasteiger partial charge in [0.2, 0.25) is 0 Å². The highest BCUT2D eigenvalue weighted by atomic mass is 19.4. The van der Waals surface area contributed by atoms with Gasteiger partial charge in [0.15, 0.2) is 5.82 Å². The van der Waals surface area contributed by atoms with Crippen LogP contribution in [0.25, 0.3) is 0 Å². The van der Waals surface area contributed by atoms with Gasteiger partial charge < -0.3 is 10.2 Å². The number of aromatic nitrogens is 2. The third-order valence-corrected chi connectivity index (χ3v) is 2.85. The van der Waals surface area contributed by atoms with Gasteiger partial charge in [-0.15, -0.1) is 0 Å². The lowest BCUT2D eigenvalue weighted by Crippen LogP contribution is -2.46. The standard InChI is InChI=1S/C11H13F3N4O2/c12-11(13,14)10(19)20-18(8-1-4-15-5-2-8)9-3-6-16-7-17-9/h3,6-8,15H,1-2,4-5H2.